The molecule has 1 aliphatic heterocycles. The Morgan fingerprint density at radius 1 is 1.37 bits per heavy atom. The highest BCUT2D eigenvalue weighted by Gasteiger charge is 2.18. The van der Waals surface area contributed by atoms with E-state index in [2.05, 4.69) is 49.3 Å². The van der Waals surface area contributed by atoms with Gasteiger partial charge in [-0.25, -0.2) is 0 Å². The minimum atomic E-state index is 0.530. The number of likely N-dealkylation sites (N-methyl/N-ethyl adjacent to an activating group) is 1. The number of ether oxygens (including phenoxy) is 1. The van der Waals surface area contributed by atoms with Crippen molar-refractivity contribution in [3.63, 3.8) is 0 Å². The van der Waals surface area contributed by atoms with E-state index in [0.717, 1.165) is 24.6 Å². The van der Waals surface area contributed by atoms with Crippen LogP contribution < -0.4 is 10.1 Å². The first-order valence-corrected chi connectivity index (χ1v) is 7.32. The third-order valence-corrected chi connectivity index (χ3v) is 3.44. The van der Waals surface area contributed by atoms with Crippen LogP contribution in [0.15, 0.2) is 24.3 Å². The summed E-state index contributed by atoms with van der Waals surface area (Å²) in [5, 5.41) is 3.64. The first kappa shape index (κ1) is 14.2. The molecule has 3 heteroatoms. The third kappa shape index (κ3) is 4.43. The minimum Gasteiger partial charge on any atom is -0.491 e. The van der Waals surface area contributed by atoms with Gasteiger partial charge in [0.1, 0.15) is 5.75 Å². The summed E-state index contributed by atoms with van der Waals surface area (Å²) in [6.45, 7) is 7.43. The predicted octanol–water partition coefficient (Wildman–Crippen LogP) is 3.23. The van der Waals surface area contributed by atoms with Crippen LogP contribution in [0.25, 0.3) is 0 Å². The number of hydrogen-bond acceptors (Lipinski definition) is 3. The average Bonchev–Trinajstić information content (AvgIpc) is 2.38. The van der Waals surface area contributed by atoms with E-state index < -0.39 is 0 Å². The second kappa shape index (κ2) is 6.80. The van der Waals surface area contributed by atoms with E-state index >= 15 is 0 Å². The van der Waals surface area contributed by atoms with Crippen molar-refractivity contribution < 1.29 is 4.74 Å². The van der Waals surface area contributed by atoms with Gasteiger partial charge in [0.15, 0.2) is 0 Å². The molecule has 1 fully saturated rings. The summed E-state index contributed by atoms with van der Waals surface area (Å²) in [7, 11) is 2.19. The van der Waals surface area contributed by atoms with E-state index in [1.807, 2.05) is 6.07 Å². The van der Waals surface area contributed by atoms with Gasteiger partial charge in [-0.1, -0.05) is 26.0 Å². The summed E-state index contributed by atoms with van der Waals surface area (Å²) < 4.78 is 5.89. The molecule has 0 aliphatic carbocycles. The molecule has 1 heterocycles. The maximum atomic E-state index is 5.89. The van der Waals surface area contributed by atoms with Gasteiger partial charge >= 0.3 is 0 Å². The van der Waals surface area contributed by atoms with Crippen molar-refractivity contribution in [3.8, 4) is 5.75 Å². The van der Waals surface area contributed by atoms with E-state index in [9.17, 15) is 0 Å². The lowest BCUT2D eigenvalue weighted by atomic mass is 10.1. The zero-order valence-corrected chi connectivity index (χ0v) is 12.4. The predicted molar refractivity (Wildman–Crippen MR) is 80.9 cm³/mol. The number of likely N-dealkylation sites (tertiary alicyclic amines) is 1. The van der Waals surface area contributed by atoms with E-state index in [4.69, 9.17) is 4.74 Å². The summed E-state index contributed by atoms with van der Waals surface area (Å²) in [6, 6.07) is 8.80. The van der Waals surface area contributed by atoms with Crippen molar-refractivity contribution >= 4 is 5.69 Å². The smallest absolute Gasteiger partial charge is 0.142 e. The lowest BCUT2D eigenvalue weighted by Crippen LogP contribution is -2.39. The summed E-state index contributed by atoms with van der Waals surface area (Å²) in [5.41, 5.74) is 1.13. The Labute approximate surface area is 116 Å². The Morgan fingerprint density at radius 3 is 2.89 bits per heavy atom. The van der Waals surface area contributed by atoms with Gasteiger partial charge in [-0.3, -0.25) is 0 Å². The van der Waals surface area contributed by atoms with Gasteiger partial charge in [0.05, 0.1) is 12.3 Å². The van der Waals surface area contributed by atoms with Crippen molar-refractivity contribution in [1.29, 1.82) is 0 Å². The third-order valence-electron chi connectivity index (χ3n) is 3.44. The van der Waals surface area contributed by atoms with Crippen molar-refractivity contribution in [2.45, 2.75) is 32.7 Å². The molecule has 0 bridgehead atoms. The molecule has 19 heavy (non-hydrogen) atoms. The van der Waals surface area contributed by atoms with Crippen LogP contribution in [0.3, 0.4) is 0 Å². The van der Waals surface area contributed by atoms with Gasteiger partial charge in [0, 0.05) is 12.6 Å². The number of para-hydroxylation sites is 2. The Hall–Kier alpha value is -1.22. The van der Waals surface area contributed by atoms with Crippen LogP contribution in [0.2, 0.25) is 0 Å². The lowest BCUT2D eigenvalue weighted by molar-refractivity contribution is 0.257. The van der Waals surface area contributed by atoms with Crippen LogP contribution in [-0.4, -0.2) is 37.7 Å². The van der Waals surface area contributed by atoms with Gasteiger partial charge in [0.25, 0.3) is 0 Å². The van der Waals surface area contributed by atoms with Crippen LogP contribution in [0, 0.1) is 5.92 Å². The Morgan fingerprint density at radius 2 is 2.16 bits per heavy atom. The highest BCUT2D eigenvalue weighted by molar-refractivity contribution is 5.56. The molecule has 1 aromatic rings. The van der Waals surface area contributed by atoms with Gasteiger partial charge in [-0.15, -0.1) is 0 Å². The standard InChI is InChI=1S/C16H26N2O/c1-13(2)12-19-16-9-5-4-8-15(16)17-14-7-6-10-18(3)11-14/h4-5,8-9,13-14,17H,6-7,10-12H2,1-3H3. The van der Waals surface area contributed by atoms with Crippen LogP contribution >= 0.6 is 0 Å². The first-order valence-electron chi connectivity index (χ1n) is 7.32. The highest BCUT2D eigenvalue weighted by atomic mass is 16.5. The van der Waals surface area contributed by atoms with Crippen LogP contribution in [0.1, 0.15) is 26.7 Å². The lowest BCUT2D eigenvalue weighted by Gasteiger charge is -2.31. The molecule has 0 spiro atoms. The molecule has 3 nitrogen and oxygen atoms in total. The summed E-state index contributed by atoms with van der Waals surface area (Å²) >= 11 is 0. The fourth-order valence-corrected chi connectivity index (χ4v) is 2.47. The Bertz CT molecular complexity index is 392. The first-order chi connectivity index (χ1) is 9.15. The number of hydrogen-bond donors (Lipinski definition) is 1. The fraction of sp³-hybridized carbons (Fsp3) is 0.625. The van der Waals surface area contributed by atoms with Crippen molar-refractivity contribution in [3.05, 3.63) is 24.3 Å². The van der Waals surface area contributed by atoms with Gasteiger partial charge in [0.2, 0.25) is 0 Å². The quantitative estimate of drug-likeness (QED) is 0.881. The summed E-state index contributed by atoms with van der Waals surface area (Å²) in [6.07, 6.45) is 2.51. The molecule has 0 saturated carbocycles. The van der Waals surface area contributed by atoms with E-state index in [-0.39, 0.29) is 0 Å². The van der Waals surface area contributed by atoms with E-state index in [1.165, 1.54) is 19.4 Å². The van der Waals surface area contributed by atoms with Crippen LogP contribution in [0.5, 0.6) is 5.75 Å². The van der Waals surface area contributed by atoms with E-state index in [0.29, 0.717) is 12.0 Å². The zero-order chi connectivity index (χ0) is 13.7. The second-order valence-electron chi connectivity index (χ2n) is 5.95. The molecule has 0 radical (unpaired) electrons. The van der Waals surface area contributed by atoms with Gasteiger partial charge < -0.3 is 15.0 Å². The number of rotatable bonds is 5. The van der Waals surface area contributed by atoms with Crippen molar-refractivity contribution in [1.82, 2.24) is 4.90 Å². The fourth-order valence-electron chi connectivity index (χ4n) is 2.47. The highest BCUT2D eigenvalue weighted by Crippen LogP contribution is 2.26. The molecular formula is C16H26N2O. The Balaban J connectivity index is 1.98. The SMILES string of the molecule is CC(C)COc1ccccc1NC1CCCN(C)C1. The molecule has 106 valence electrons. The number of nitrogens with zero attached hydrogens (tertiary/aromatic N) is 1. The number of benzene rings is 1. The molecule has 1 aromatic carbocycles. The monoisotopic (exact) mass is 262 g/mol. The maximum Gasteiger partial charge on any atom is 0.142 e. The van der Waals surface area contributed by atoms with Gasteiger partial charge in [-0.2, -0.15) is 0 Å². The molecule has 1 aliphatic rings. The topological polar surface area (TPSA) is 24.5 Å². The van der Waals surface area contributed by atoms with Crippen molar-refractivity contribution in [2.75, 3.05) is 32.1 Å². The summed E-state index contributed by atoms with van der Waals surface area (Å²) in [4.78, 5) is 2.39. The summed E-state index contributed by atoms with van der Waals surface area (Å²) in [5.74, 6) is 1.53. The second-order valence-corrected chi connectivity index (χ2v) is 5.95. The molecule has 1 atom stereocenters. The van der Waals surface area contributed by atoms with Crippen LogP contribution in [-0.2, 0) is 0 Å². The molecule has 0 amide bonds. The average molecular weight is 262 g/mol. The number of anilines is 1. The molecule has 1 N–H and O–H groups in total. The molecule has 1 unspecified atom stereocenters. The molecule has 1 saturated heterocycles. The van der Waals surface area contributed by atoms with Gasteiger partial charge in [-0.05, 0) is 44.5 Å². The van der Waals surface area contributed by atoms with E-state index in [1.54, 1.807) is 0 Å². The molecule has 0 aromatic heterocycles. The minimum absolute atomic E-state index is 0.530. The Kier molecular flexibility index (Phi) is 5.08. The normalized spacial score (nSPS) is 20.5. The zero-order valence-electron chi connectivity index (χ0n) is 12.4. The van der Waals surface area contributed by atoms with Crippen molar-refractivity contribution in [2.24, 2.45) is 5.92 Å². The largest absolute Gasteiger partial charge is 0.491 e. The molecule has 2 rings (SSSR count). The maximum absolute atomic E-state index is 5.89. The van der Waals surface area contributed by atoms with Crippen LogP contribution in [0.4, 0.5) is 5.69 Å². The molecular weight excluding hydrogens is 236 g/mol. The number of nitrogens with one attached hydrogen (secondary N) is 1. The number of piperidine rings is 1.